The number of aromatic nitrogens is 2. The van der Waals surface area contributed by atoms with E-state index in [9.17, 15) is 4.39 Å². The first-order valence-corrected chi connectivity index (χ1v) is 7.32. The van der Waals surface area contributed by atoms with E-state index in [1.165, 1.54) is 12.1 Å². The second-order valence-corrected chi connectivity index (χ2v) is 5.59. The van der Waals surface area contributed by atoms with Gasteiger partial charge >= 0.3 is 0 Å². The lowest BCUT2D eigenvalue weighted by molar-refractivity contribution is 0.626. The van der Waals surface area contributed by atoms with Crippen LogP contribution in [0.5, 0.6) is 0 Å². The van der Waals surface area contributed by atoms with Gasteiger partial charge in [0.15, 0.2) is 0 Å². The fourth-order valence-corrected chi connectivity index (χ4v) is 3.03. The van der Waals surface area contributed by atoms with Gasteiger partial charge in [-0.2, -0.15) is 0 Å². The van der Waals surface area contributed by atoms with Crippen LogP contribution >= 0.6 is 27.5 Å². The van der Waals surface area contributed by atoms with E-state index in [1.807, 2.05) is 30.3 Å². The van der Waals surface area contributed by atoms with E-state index in [2.05, 4.69) is 26.2 Å². The van der Waals surface area contributed by atoms with E-state index < -0.39 is 5.82 Å². The average Bonchev–Trinajstić information content (AvgIpc) is 2.87. The van der Waals surface area contributed by atoms with Crippen LogP contribution in [0.2, 0.25) is 5.02 Å². The third-order valence-electron chi connectivity index (χ3n) is 2.89. The molecular weight excluding hydrogens is 357 g/mol. The molecule has 21 heavy (non-hydrogen) atoms. The number of hydrogen-bond donors (Lipinski definition) is 1. The van der Waals surface area contributed by atoms with Crippen molar-refractivity contribution in [3.8, 4) is 5.69 Å². The van der Waals surface area contributed by atoms with Gasteiger partial charge in [0.05, 0.1) is 10.7 Å². The molecule has 0 unspecified atom stereocenters. The standard InChI is InChI=1S/C15H10BrClFN3/c16-12-8-10(18)9-13(17)14(12)21-7-6-19-15(21)20-11-4-2-1-3-5-11/h1-9H,(H,19,20). The Kier molecular flexibility index (Phi) is 3.94. The van der Waals surface area contributed by atoms with Crippen molar-refractivity contribution in [2.24, 2.45) is 0 Å². The highest BCUT2D eigenvalue weighted by Crippen LogP contribution is 2.32. The molecule has 106 valence electrons. The molecule has 6 heteroatoms. The predicted molar refractivity (Wildman–Crippen MR) is 86.0 cm³/mol. The van der Waals surface area contributed by atoms with Crippen LogP contribution in [-0.2, 0) is 0 Å². The summed E-state index contributed by atoms with van der Waals surface area (Å²) < 4.78 is 15.7. The zero-order chi connectivity index (χ0) is 14.8. The number of imidazole rings is 1. The summed E-state index contributed by atoms with van der Waals surface area (Å²) >= 11 is 9.49. The zero-order valence-corrected chi connectivity index (χ0v) is 13.1. The van der Waals surface area contributed by atoms with Crippen molar-refractivity contribution in [1.29, 1.82) is 0 Å². The van der Waals surface area contributed by atoms with Crippen molar-refractivity contribution in [2.75, 3.05) is 5.32 Å². The molecule has 1 N–H and O–H groups in total. The van der Waals surface area contributed by atoms with Gasteiger partial charge in [0.25, 0.3) is 0 Å². The van der Waals surface area contributed by atoms with Crippen LogP contribution in [0, 0.1) is 5.82 Å². The number of halogens is 3. The smallest absolute Gasteiger partial charge is 0.212 e. The molecule has 0 radical (unpaired) electrons. The quantitative estimate of drug-likeness (QED) is 0.693. The van der Waals surface area contributed by atoms with E-state index in [4.69, 9.17) is 11.6 Å². The second kappa shape index (κ2) is 5.87. The van der Waals surface area contributed by atoms with Crippen molar-refractivity contribution < 1.29 is 4.39 Å². The maximum absolute atomic E-state index is 13.3. The lowest BCUT2D eigenvalue weighted by Crippen LogP contribution is -2.02. The van der Waals surface area contributed by atoms with Gasteiger partial charge in [0.2, 0.25) is 5.95 Å². The van der Waals surface area contributed by atoms with E-state index in [1.54, 1.807) is 17.0 Å². The normalized spacial score (nSPS) is 10.6. The second-order valence-electron chi connectivity index (χ2n) is 4.33. The predicted octanol–water partition coefficient (Wildman–Crippen LogP) is 5.17. The Morgan fingerprint density at radius 3 is 2.67 bits per heavy atom. The summed E-state index contributed by atoms with van der Waals surface area (Å²) in [5.41, 5.74) is 1.54. The van der Waals surface area contributed by atoms with Crippen LogP contribution in [0.1, 0.15) is 0 Å². The summed E-state index contributed by atoms with van der Waals surface area (Å²) in [6.07, 6.45) is 3.41. The van der Waals surface area contributed by atoms with Crippen LogP contribution in [0.15, 0.2) is 59.3 Å². The van der Waals surface area contributed by atoms with Gasteiger partial charge in [0, 0.05) is 22.6 Å². The number of rotatable bonds is 3. The molecule has 0 bridgehead atoms. The molecule has 3 aromatic rings. The first-order chi connectivity index (χ1) is 10.1. The van der Waals surface area contributed by atoms with E-state index in [0.29, 0.717) is 21.1 Å². The van der Waals surface area contributed by atoms with Crippen LogP contribution < -0.4 is 5.32 Å². The largest absolute Gasteiger partial charge is 0.325 e. The highest BCUT2D eigenvalue weighted by Gasteiger charge is 2.13. The fraction of sp³-hybridized carbons (Fsp3) is 0. The summed E-state index contributed by atoms with van der Waals surface area (Å²) in [5.74, 6) is 0.198. The van der Waals surface area contributed by atoms with Crippen LogP contribution in [0.3, 0.4) is 0 Å². The van der Waals surface area contributed by atoms with Gasteiger partial charge in [-0.25, -0.2) is 9.37 Å². The molecule has 0 atom stereocenters. The summed E-state index contributed by atoms with van der Waals surface area (Å²) in [5, 5.41) is 3.50. The van der Waals surface area contributed by atoms with Crippen molar-refractivity contribution in [1.82, 2.24) is 9.55 Å². The Morgan fingerprint density at radius 2 is 1.95 bits per heavy atom. The summed E-state index contributed by atoms with van der Waals surface area (Å²) in [6, 6.07) is 12.3. The minimum Gasteiger partial charge on any atom is -0.325 e. The number of nitrogens with zero attached hydrogens (tertiary/aromatic N) is 2. The summed E-state index contributed by atoms with van der Waals surface area (Å²) in [7, 11) is 0. The number of anilines is 2. The SMILES string of the molecule is Fc1cc(Cl)c(-n2ccnc2Nc2ccccc2)c(Br)c1. The maximum atomic E-state index is 13.3. The number of nitrogens with one attached hydrogen (secondary N) is 1. The van der Waals surface area contributed by atoms with Crippen molar-refractivity contribution in [3.63, 3.8) is 0 Å². The highest BCUT2D eigenvalue weighted by atomic mass is 79.9. The topological polar surface area (TPSA) is 29.9 Å². The molecule has 3 nitrogen and oxygen atoms in total. The fourth-order valence-electron chi connectivity index (χ4n) is 1.99. The molecule has 0 saturated heterocycles. The Labute approximate surface area is 134 Å². The number of hydrogen-bond acceptors (Lipinski definition) is 2. The Hall–Kier alpha value is -1.85. The monoisotopic (exact) mass is 365 g/mol. The Morgan fingerprint density at radius 1 is 1.19 bits per heavy atom. The average molecular weight is 367 g/mol. The number of benzene rings is 2. The lowest BCUT2D eigenvalue weighted by atomic mass is 10.3. The molecule has 0 aliphatic rings. The molecule has 0 amide bonds. The van der Waals surface area contributed by atoms with Gasteiger partial charge < -0.3 is 5.32 Å². The molecule has 2 aromatic carbocycles. The van der Waals surface area contributed by atoms with Gasteiger partial charge in [-0.3, -0.25) is 4.57 Å². The molecule has 0 aliphatic carbocycles. The van der Waals surface area contributed by atoms with Crippen LogP contribution in [0.4, 0.5) is 16.0 Å². The van der Waals surface area contributed by atoms with Crippen LogP contribution in [-0.4, -0.2) is 9.55 Å². The van der Waals surface area contributed by atoms with Gasteiger partial charge in [-0.05, 0) is 40.2 Å². The molecule has 0 aliphatic heterocycles. The lowest BCUT2D eigenvalue weighted by Gasteiger charge is -2.13. The van der Waals surface area contributed by atoms with E-state index in [-0.39, 0.29) is 0 Å². The molecule has 1 aromatic heterocycles. The van der Waals surface area contributed by atoms with Gasteiger partial charge in [-0.15, -0.1) is 0 Å². The minimum absolute atomic E-state index is 0.302. The van der Waals surface area contributed by atoms with Crippen molar-refractivity contribution >= 4 is 39.2 Å². The maximum Gasteiger partial charge on any atom is 0.212 e. The summed E-state index contributed by atoms with van der Waals surface area (Å²) in [6.45, 7) is 0. The highest BCUT2D eigenvalue weighted by molar-refractivity contribution is 9.10. The van der Waals surface area contributed by atoms with Gasteiger partial charge in [-0.1, -0.05) is 29.8 Å². The minimum atomic E-state index is -0.395. The molecule has 0 saturated carbocycles. The Bertz CT molecular complexity index is 751. The third kappa shape index (κ3) is 2.94. The van der Waals surface area contributed by atoms with Crippen molar-refractivity contribution in [2.45, 2.75) is 0 Å². The Balaban J connectivity index is 2.04. The molecule has 0 fully saturated rings. The zero-order valence-electron chi connectivity index (χ0n) is 10.7. The molecule has 1 heterocycles. The van der Waals surface area contributed by atoms with Gasteiger partial charge in [0.1, 0.15) is 5.82 Å². The van der Waals surface area contributed by atoms with Crippen molar-refractivity contribution in [3.05, 3.63) is 70.2 Å². The first-order valence-electron chi connectivity index (χ1n) is 6.15. The number of para-hydroxylation sites is 1. The third-order valence-corrected chi connectivity index (χ3v) is 3.79. The molecular formula is C15H10BrClFN3. The van der Waals surface area contributed by atoms with E-state index in [0.717, 1.165) is 5.69 Å². The van der Waals surface area contributed by atoms with Crippen LogP contribution in [0.25, 0.3) is 5.69 Å². The molecule has 3 rings (SSSR count). The van der Waals surface area contributed by atoms with E-state index >= 15 is 0 Å². The molecule has 0 spiro atoms. The summed E-state index contributed by atoms with van der Waals surface area (Å²) in [4.78, 5) is 4.27. The first kappa shape index (κ1) is 14.1.